The maximum atomic E-state index is 9.67. The minimum Gasteiger partial charge on any atom is -0.396 e. The van der Waals surface area contributed by atoms with Gasteiger partial charge in [0, 0.05) is 37.7 Å². The molecule has 0 bridgehead atoms. The van der Waals surface area contributed by atoms with Crippen LogP contribution < -0.4 is 0 Å². The molecule has 0 spiro atoms. The Hall–Kier alpha value is -0.900. The average Bonchev–Trinajstić information content (AvgIpc) is 2.66. The Bertz CT molecular complexity index is 448. The van der Waals surface area contributed by atoms with Gasteiger partial charge in [-0.2, -0.15) is 0 Å². The molecule has 1 aliphatic carbocycles. The van der Waals surface area contributed by atoms with Gasteiger partial charge in [0.1, 0.15) is 0 Å². The highest BCUT2D eigenvalue weighted by Crippen LogP contribution is 2.51. The van der Waals surface area contributed by atoms with E-state index in [4.69, 9.17) is 0 Å². The third kappa shape index (κ3) is 2.18. The summed E-state index contributed by atoms with van der Waals surface area (Å²) in [6, 6.07) is 11.9. The van der Waals surface area contributed by atoms with Gasteiger partial charge < -0.3 is 10.0 Å². The van der Waals surface area contributed by atoms with Gasteiger partial charge in [0.05, 0.1) is 0 Å². The largest absolute Gasteiger partial charge is 0.396 e. The zero-order chi connectivity index (χ0) is 14.3. The van der Waals surface area contributed by atoms with Crippen molar-refractivity contribution in [1.82, 2.24) is 9.80 Å². The van der Waals surface area contributed by atoms with E-state index in [9.17, 15) is 5.11 Å². The fourth-order valence-corrected chi connectivity index (χ4v) is 4.51. The van der Waals surface area contributed by atoms with Crippen LogP contribution in [0.15, 0.2) is 30.3 Å². The second-order valence-electron chi connectivity index (χ2n) is 6.70. The van der Waals surface area contributed by atoms with Gasteiger partial charge in [0.2, 0.25) is 0 Å². The van der Waals surface area contributed by atoms with Crippen LogP contribution in [0.25, 0.3) is 0 Å². The van der Waals surface area contributed by atoms with Crippen LogP contribution in [0.5, 0.6) is 0 Å². The lowest BCUT2D eigenvalue weighted by molar-refractivity contribution is -0.0526. The Labute approximate surface area is 122 Å². The molecule has 2 fully saturated rings. The Morgan fingerprint density at radius 2 is 1.95 bits per heavy atom. The molecular weight excluding hydrogens is 248 g/mol. The molecule has 0 aromatic heterocycles. The van der Waals surface area contributed by atoms with E-state index in [-0.39, 0.29) is 0 Å². The predicted molar refractivity (Wildman–Crippen MR) is 81.3 cm³/mol. The molecule has 1 saturated carbocycles. The first-order chi connectivity index (χ1) is 9.63. The van der Waals surface area contributed by atoms with Gasteiger partial charge in [0.15, 0.2) is 0 Å². The molecule has 3 nitrogen and oxygen atoms in total. The molecule has 0 radical (unpaired) electrons. The van der Waals surface area contributed by atoms with Crippen molar-refractivity contribution >= 4 is 0 Å². The van der Waals surface area contributed by atoms with Gasteiger partial charge in [-0.3, -0.25) is 4.90 Å². The van der Waals surface area contributed by atoms with Crippen LogP contribution in [0, 0.1) is 17.8 Å². The molecule has 5 atom stereocenters. The molecule has 0 unspecified atom stereocenters. The maximum absolute atomic E-state index is 9.67. The standard InChI is InChI=1S/C17H26N2O/c1-12-16-14(15(11-20)17(16)18(2)3)10-19(12)9-13-7-5-4-6-8-13/h4-8,12,14-17,20H,9-11H2,1-3H3/t12-,14-,15-,16-,17-/m0/s1. The predicted octanol–water partition coefficient (Wildman–Crippen LogP) is 1.68. The molecule has 1 aromatic rings. The number of likely N-dealkylation sites (tertiary alicyclic amines) is 1. The summed E-state index contributed by atoms with van der Waals surface area (Å²) < 4.78 is 0. The number of aliphatic hydroxyl groups is 1. The lowest BCUT2D eigenvalue weighted by Crippen LogP contribution is -2.60. The van der Waals surface area contributed by atoms with Crippen molar-refractivity contribution in [2.45, 2.75) is 25.6 Å². The Kier molecular flexibility index (Phi) is 3.85. The number of hydrogen-bond acceptors (Lipinski definition) is 3. The SMILES string of the molecule is C[C@H]1[C@H]2[C@@H](CN1Cc1ccccc1)[C@H](CO)[C@@H]2N(C)C. The summed E-state index contributed by atoms with van der Waals surface area (Å²) in [4.78, 5) is 4.90. The van der Waals surface area contributed by atoms with Crippen LogP contribution in [-0.2, 0) is 6.54 Å². The number of aliphatic hydroxyl groups excluding tert-OH is 1. The second kappa shape index (κ2) is 5.47. The Balaban J connectivity index is 1.72. The van der Waals surface area contributed by atoms with Crippen LogP contribution in [0.3, 0.4) is 0 Å². The number of nitrogens with zero attached hydrogens (tertiary/aromatic N) is 2. The van der Waals surface area contributed by atoms with Crippen molar-refractivity contribution in [3.8, 4) is 0 Å². The minimum atomic E-state index is 0.329. The fourth-order valence-electron chi connectivity index (χ4n) is 4.51. The summed E-state index contributed by atoms with van der Waals surface area (Å²) in [5.74, 6) is 1.84. The van der Waals surface area contributed by atoms with Crippen molar-refractivity contribution in [2.24, 2.45) is 17.8 Å². The zero-order valence-corrected chi connectivity index (χ0v) is 12.7. The van der Waals surface area contributed by atoms with E-state index >= 15 is 0 Å². The normalized spacial score (nSPS) is 37.0. The number of hydrogen-bond donors (Lipinski definition) is 1. The lowest BCUT2D eigenvalue weighted by Gasteiger charge is -2.52. The molecule has 1 N–H and O–H groups in total. The summed E-state index contributed by atoms with van der Waals surface area (Å²) in [6.45, 7) is 4.86. The molecule has 1 heterocycles. The summed E-state index contributed by atoms with van der Waals surface area (Å²) in [5.41, 5.74) is 1.39. The van der Waals surface area contributed by atoms with E-state index in [1.165, 1.54) is 5.56 Å². The maximum Gasteiger partial charge on any atom is 0.0477 e. The van der Waals surface area contributed by atoms with Gasteiger partial charge >= 0.3 is 0 Å². The third-order valence-electron chi connectivity index (χ3n) is 5.49. The molecule has 2 aliphatic rings. The zero-order valence-electron chi connectivity index (χ0n) is 12.7. The number of benzene rings is 1. The van der Waals surface area contributed by atoms with E-state index in [0.717, 1.165) is 13.1 Å². The van der Waals surface area contributed by atoms with E-state index in [2.05, 4.69) is 61.2 Å². The first-order valence-corrected chi connectivity index (χ1v) is 7.68. The van der Waals surface area contributed by atoms with Crippen molar-refractivity contribution < 1.29 is 5.11 Å². The highest BCUT2D eigenvalue weighted by Gasteiger charge is 2.58. The fraction of sp³-hybridized carbons (Fsp3) is 0.647. The molecule has 20 heavy (non-hydrogen) atoms. The second-order valence-corrected chi connectivity index (χ2v) is 6.70. The van der Waals surface area contributed by atoms with E-state index in [0.29, 0.717) is 36.4 Å². The molecular formula is C17H26N2O. The highest BCUT2D eigenvalue weighted by molar-refractivity contribution is 5.17. The van der Waals surface area contributed by atoms with Crippen LogP contribution >= 0.6 is 0 Å². The van der Waals surface area contributed by atoms with E-state index in [1.54, 1.807) is 0 Å². The minimum absolute atomic E-state index is 0.329. The van der Waals surface area contributed by atoms with Gasteiger partial charge in [-0.25, -0.2) is 0 Å². The van der Waals surface area contributed by atoms with E-state index < -0.39 is 0 Å². The Morgan fingerprint density at radius 3 is 2.55 bits per heavy atom. The first-order valence-electron chi connectivity index (χ1n) is 7.68. The van der Waals surface area contributed by atoms with Gasteiger partial charge in [-0.1, -0.05) is 30.3 Å². The summed E-state index contributed by atoms with van der Waals surface area (Å²) >= 11 is 0. The van der Waals surface area contributed by atoms with Gasteiger partial charge in [-0.05, 0) is 38.4 Å². The number of rotatable bonds is 4. The summed E-state index contributed by atoms with van der Waals surface area (Å²) in [5, 5.41) is 9.67. The van der Waals surface area contributed by atoms with Gasteiger partial charge in [0.25, 0.3) is 0 Å². The van der Waals surface area contributed by atoms with Crippen molar-refractivity contribution in [3.05, 3.63) is 35.9 Å². The molecule has 3 heteroatoms. The average molecular weight is 274 g/mol. The summed E-state index contributed by atoms with van der Waals surface area (Å²) in [6.07, 6.45) is 0. The van der Waals surface area contributed by atoms with Crippen LogP contribution in [0.4, 0.5) is 0 Å². The topological polar surface area (TPSA) is 26.7 Å². The number of fused-ring (bicyclic) bond motifs is 1. The van der Waals surface area contributed by atoms with E-state index in [1.807, 2.05) is 0 Å². The van der Waals surface area contributed by atoms with Crippen LogP contribution in [-0.4, -0.2) is 54.2 Å². The lowest BCUT2D eigenvalue weighted by atomic mass is 9.60. The smallest absolute Gasteiger partial charge is 0.0477 e. The third-order valence-corrected chi connectivity index (χ3v) is 5.49. The molecule has 0 amide bonds. The van der Waals surface area contributed by atoms with Crippen molar-refractivity contribution in [1.29, 1.82) is 0 Å². The molecule has 1 saturated heterocycles. The summed E-state index contributed by atoms with van der Waals surface area (Å²) in [7, 11) is 4.30. The Morgan fingerprint density at radius 1 is 1.25 bits per heavy atom. The monoisotopic (exact) mass is 274 g/mol. The molecule has 3 rings (SSSR count). The first kappa shape index (κ1) is 14.1. The molecule has 1 aliphatic heterocycles. The molecule has 1 aromatic carbocycles. The van der Waals surface area contributed by atoms with Crippen LogP contribution in [0.1, 0.15) is 12.5 Å². The van der Waals surface area contributed by atoms with Crippen LogP contribution in [0.2, 0.25) is 0 Å². The van der Waals surface area contributed by atoms with Crippen molar-refractivity contribution in [2.75, 3.05) is 27.2 Å². The van der Waals surface area contributed by atoms with Gasteiger partial charge in [-0.15, -0.1) is 0 Å². The molecule has 110 valence electrons. The highest BCUT2D eigenvalue weighted by atomic mass is 16.3. The van der Waals surface area contributed by atoms with Crippen molar-refractivity contribution in [3.63, 3.8) is 0 Å². The quantitative estimate of drug-likeness (QED) is 0.905.